The molecule has 0 saturated carbocycles. The van der Waals surface area contributed by atoms with E-state index in [-0.39, 0.29) is 54.8 Å². The fourth-order valence-corrected chi connectivity index (χ4v) is 5.88. The molecule has 1 aliphatic rings. The zero-order chi connectivity index (χ0) is 35.8. The van der Waals surface area contributed by atoms with Gasteiger partial charge in [-0.3, -0.25) is 4.79 Å². The first-order chi connectivity index (χ1) is 22.1. The molecule has 0 radical (unpaired) electrons. The van der Waals surface area contributed by atoms with Gasteiger partial charge in [0.2, 0.25) is 0 Å². The summed E-state index contributed by atoms with van der Waals surface area (Å²) in [4.78, 5) is 16.2. The van der Waals surface area contributed by atoms with Crippen LogP contribution >= 0.6 is 0 Å². The van der Waals surface area contributed by atoms with Gasteiger partial charge in [0.25, 0.3) is 5.95 Å². The lowest BCUT2D eigenvalue weighted by atomic mass is 9.85. The average molecular weight is 695 g/mol. The van der Waals surface area contributed by atoms with Crippen LogP contribution in [-0.4, -0.2) is 46.4 Å². The molecule has 0 spiro atoms. The highest BCUT2D eigenvalue weighted by Crippen LogP contribution is 2.44. The number of methoxy groups -OCH3 is 1. The Labute approximate surface area is 270 Å². The molecule has 0 aliphatic carbocycles. The molecule has 0 saturated heterocycles. The number of carbonyl (C=O) groups is 1. The van der Waals surface area contributed by atoms with Crippen molar-refractivity contribution < 1.29 is 49.0 Å². The molecule has 8 nitrogen and oxygen atoms in total. The fourth-order valence-electron chi connectivity index (χ4n) is 5.88. The van der Waals surface area contributed by atoms with Crippen LogP contribution < -0.4 is 9.80 Å². The summed E-state index contributed by atoms with van der Waals surface area (Å²) in [5.41, 5.74) is -4.41. The third-order valence-electron chi connectivity index (χ3n) is 8.32. The Balaban J connectivity index is 1.86. The molecule has 2 heterocycles. The quantitative estimate of drug-likeness (QED) is 0.167. The number of halogens is 9. The maximum absolute atomic E-state index is 14.2. The van der Waals surface area contributed by atoms with Gasteiger partial charge < -0.3 is 14.5 Å². The first-order valence-electron chi connectivity index (χ1n) is 14.9. The van der Waals surface area contributed by atoms with Crippen LogP contribution in [0, 0.1) is 12.3 Å². The topological polar surface area (TPSA) is 76.4 Å². The second-order valence-electron chi connectivity index (χ2n) is 12.7. The predicted octanol–water partition coefficient (Wildman–Crippen LogP) is 7.90. The number of ether oxygens (including phenoxy) is 1. The number of benzene rings is 2. The summed E-state index contributed by atoms with van der Waals surface area (Å²) in [5.74, 6) is -0.577. The number of aryl methyl sites for hydroxylation is 2. The van der Waals surface area contributed by atoms with E-state index in [0.29, 0.717) is 30.5 Å². The molecular formula is C31H35F9N6O2. The average Bonchev–Trinajstić information content (AvgIpc) is 3.31. The number of alkyl halides is 9. The molecular weight excluding hydrogens is 659 g/mol. The van der Waals surface area contributed by atoms with Gasteiger partial charge >= 0.3 is 24.5 Å². The molecule has 3 aromatic rings. The number of tetrazole rings is 1. The van der Waals surface area contributed by atoms with Crippen molar-refractivity contribution in [1.29, 1.82) is 0 Å². The van der Waals surface area contributed by atoms with E-state index >= 15 is 0 Å². The van der Waals surface area contributed by atoms with E-state index in [2.05, 4.69) is 15.4 Å². The standard InChI is InChI=1S/C31H35F9N6O2/c1-18-11-22-24(7-6-9-45(25(22)15-23(18)31(38,39)40)10-8-28(2,3)16-26(47)48-5)46(27-41-43-44(4)42-27)17-19-12-20(29(32,33)34)14-21(13-19)30(35,36)37/h11-15,24H,6-10,16-17H2,1-5H3. The van der Waals surface area contributed by atoms with Crippen molar-refractivity contribution in [3.63, 3.8) is 0 Å². The smallest absolute Gasteiger partial charge is 0.416 e. The highest BCUT2D eigenvalue weighted by atomic mass is 19.4. The second kappa shape index (κ2) is 13.5. The second-order valence-corrected chi connectivity index (χ2v) is 12.7. The van der Waals surface area contributed by atoms with E-state index < -0.39 is 59.2 Å². The third kappa shape index (κ3) is 8.69. The van der Waals surface area contributed by atoms with Gasteiger partial charge in [-0.2, -0.15) is 44.3 Å². The highest BCUT2D eigenvalue weighted by Gasteiger charge is 2.39. The number of fused-ring (bicyclic) bond motifs is 1. The maximum Gasteiger partial charge on any atom is 0.416 e. The van der Waals surface area contributed by atoms with Gasteiger partial charge in [0, 0.05) is 25.3 Å². The van der Waals surface area contributed by atoms with Gasteiger partial charge in [-0.05, 0) is 77.8 Å². The van der Waals surface area contributed by atoms with Crippen LogP contribution in [0.5, 0.6) is 0 Å². The lowest BCUT2D eigenvalue weighted by Gasteiger charge is -2.34. The molecule has 2 aromatic carbocycles. The van der Waals surface area contributed by atoms with Crippen LogP contribution in [0.15, 0.2) is 30.3 Å². The van der Waals surface area contributed by atoms with E-state index in [1.165, 1.54) is 32.0 Å². The number of carbonyl (C=O) groups excluding carboxylic acids is 1. The van der Waals surface area contributed by atoms with Crippen LogP contribution in [0.4, 0.5) is 51.1 Å². The molecule has 0 bridgehead atoms. The minimum atomic E-state index is -5.09. The lowest BCUT2D eigenvalue weighted by molar-refractivity contribution is -0.144. The lowest BCUT2D eigenvalue weighted by Crippen LogP contribution is -2.32. The van der Waals surface area contributed by atoms with Gasteiger partial charge in [-0.1, -0.05) is 25.0 Å². The summed E-state index contributed by atoms with van der Waals surface area (Å²) in [5, 5.41) is 11.9. The number of rotatable bonds is 9. The van der Waals surface area contributed by atoms with E-state index in [1.807, 2.05) is 13.8 Å². The van der Waals surface area contributed by atoms with Gasteiger partial charge in [0.1, 0.15) is 0 Å². The summed E-state index contributed by atoms with van der Waals surface area (Å²) < 4.78 is 130. The van der Waals surface area contributed by atoms with Crippen molar-refractivity contribution in [1.82, 2.24) is 20.2 Å². The molecule has 0 N–H and O–H groups in total. The molecule has 1 aromatic heterocycles. The monoisotopic (exact) mass is 694 g/mol. The number of esters is 1. The van der Waals surface area contributed by atoms with Gasteiger partial charge in [0.05, 0.1) is 43.3 Å². The molecule has 1 atom stereocenters. The third-order valence-corrected chi connectivity index (χ3v) is 8.32. The van der Waals surface area contributed by atoms with Gasteiger partial charge in [-0.15, -0.1) is 5.10 Å². The Morgan fingerprint density at radius 1 is 0.958 bits per heavy atom. The Hall–Kier alpha value is -4.05. The largest absolute Gasteiger partial charge is 0.469 e. The molecule has 4 rings (SSSR count). The molecule has 0 amide bonds. The Bertz CT molecular complexity index is 1580. The Morgan fingerprint density at radius 2 is 1.58 bits per heavy atom. The van der Waals surface area contributed by atoms with Crippen molar-refractivity contribution in [2.24, 2.45) is 12.5 Å². The van der Waals surface area contributed by atoms with Crippen LogP contribution in [0.25, 0.3) is 0 Å². The normalized spacial score (nSPS) is 16.0. The first-order valence-corrected chi connectivity index (χ1v) is 14.9. The molecule has 0 fully saturated rings. The summed E-state index contributed by atoms with van der Waals surface area (Å²) in [6.07, 6.45) is -13.8. The van der Waals surface area contributed by atoms with Gasteiger partial charge in [-0.25, -0.2) is 0 Å². The maximum atomic E-state index is 14.2. The van der Waals surface area contributed by atoms with E-state index in [4.69, 9.17) is 4.74 Å². The minimum Gasteiger partial charge on any atom is -0.469 e. The van der Waals surface area contributed by atoms with Gasteiger partial charge in [0.15, 0.2) is 0 Å². The van der Waals surface area contributed by atoms with Crippen LogP contribution in [0.1, 0.15) is 79.0 Å². The number of nitrogens with zero attached hydrogens (tertiary/aromatic N) is 6. The number of aromatic nitrogens is 4. The highest BCUT2D eigenvalue weighted by molar-refractivity contribution is 5.70. The van der Waals surface area contributed by atoms with Crippen molar-refractivity contribution in [2.75, 3.05) is 30.0 Å². The summed E-state index contributed by atoms with van der Waals surface area (Å²) >= 11 is 0. The van der Waals surface area contributed by atoms with Crippen molar-refractivity contribution >= 4 is 17.6 Å². The number of hydrogen-bond acceptors (Lipinski definition) is 7. The minimum absolute atomic E-state index is 0.0248. The van der Waals surface area contributed by atoms with Crippen LogP contribution in [0.2, 0.25) is 0 Å². The Morgan fingerprint density at radius 3 is 2.10 bits per heavy atom. The van der Waals surface area contributed by atoms with E-state index in [0.717, 1.165) is 10.9 Å². The number of anilines is 2. The van der Waals surface area contributed by atoms with Crippen molar-refractivity contribution in [2.45, 2.75) is 77.6 Å². The SMILES string of the molecule is COC(=O)CC(C)(C)CCN1CCCC(N(Cc2cc(C(F)(F)F)cc(C(F)(F)F)c2)c2nnn(C)n2)c2cc(C)c(C(F)(F)F)cc21. The van der Waals surface area contributed by atoms with Crippen molar-refractivity contribution in [3.8, 4) is 0 Å². The zero-order valence-electron chi connectivity index (χ0n) is 26.8. The van der Waals surface area contributed by atoms with Crippen LogP contribution in [0.3, 0.4) is 0 Å². The van der Waals surface area contributed by atoms with E-state index in [9.17, 15) is 44.3 Å². The fraction of sp³-hybridized carbons (Fsp3) is 0.548. The molecule has 1 unspecified atom stereocenters. The molecule has 1 aliphatic heterocycles. The van der Waals surface area contributed by atoms with Crippen LogP contribution in [-0.2, 0) is 41.7 Å². The number of hydrogen-bond donors (Lipinski definition) is 0. The summed E-state index contributed by atoms with van der Waals surface area (Å²) in [6, 6.07) is 2.72. The Kier molecular flexibility index (Phi) is 10.3. The van der Waals surface area contributed by atoms with Crippen molar-refractivity contribution in [3.05, 3.63) is 63.7 Å². The predicted molar refractivity (Wildman–Crippen MR) is 157 cm³/mol. The zero-order valence-corrected chi connectivity index (χ0v) is 26.8. The molecule has 17 heteroatoms. The van der Waals surface area contributed by atoms with E-state index in [1.54, 1.807) is 4.90 Å². The summed E-state index contributed by atoms with van der Waals surface area (Å²) in [6.45, 7) is 4.91. The first kappa shape index (κ1) is 36.8. The summed E-state index contributed by atoms with van der Waals surface area (Å²) in [7, 11) is 2.67. The molecule has 48 heavy (non-hydrogen) atoms. The molecule has 264 valence electrons.